The number of nitrogens with zero attached hydrogens (tertiary/aromatic N) is 2. The lowest BCUT2D eigenvalue weighted by atomic mass is 10.0. The van der Waals surface area contributed by atoms with E-state index in [0.29, 0.717) is 68.7 Å². The van der Waals surface area contributed by atoms with Gasteiger partial charge in [-0.05, 0) is 85.0 Å². The Bertz CT molecular complexity index is 1920. The molecule has 1 unspecified atom stereocenters. The topological polar surface area (TPSA) is 150 Å². The second-order valence-electron chi connectivity index (χ2n) is 14.3. The standard InChI is InChI=1S/C43H51N5O8/c1-43(2)54-30-34-25-32(17-18-38(34)56-43)39-28-48(42(51)55-39)20-6-4-3-5-7-21-52-22-11-23-53-29-31-12-8-14-35(24-31)46-41(50)47-37-16-9-15-36(26-37)45-40(49)33-13-10-19-44-27-33/h8-10,12-19,24-27,39H,3-7,11,20-23,28-30H2,1-2H3,(H,45,49)(H2,46,47,50). The molecule has 1 aromatic heterocycles. The summed E-state index contributed by atoms with van der Waals surface area (Å²) in [4.78, 5) is 43.4. The number of amides is 4. The van der Waals surface area contributed by atoms with E-state index < -0.39 is 11.8 Å². The minimum absolute atomic E-state index is 0.254. The Balaban J connectivity index is 0.772. The molecule has 4 aromatic rings. The third kappa shape index (κ3) is 12.3. The van der Waals surface area contributed by atoms with E-state index in [2.05, 4.69) is 20.9 Å². The van der Waals surface area contributed by atoms with Gasteiger partial charge in [-0.1, -0.05) is 43.5 Å². The number of carbonyl (C=O) groups is 3. The highest BCUT2D eigenvalue weighted by Gasteiger charge is 2.33. The first kappa shape index (κ1) is 40.2. The smallest absolute Gasteiger partial charge is 0.410 e. The normalized spacial score (nSPS) is 15.7. The van der Waals surface area contributed by atoms with E-state index >= 15 is 0 Å². The van der Waals surface area contributed by atoms with Crippen LogP contribution in [0.1, 0.15) is 85.5 Å². The van der Waals surface area contributed by atoms with Crippen LogP contribution in [-0.4, -0.2) is 66.6 Å². The van der Waals surface area contributed by atoms with Crippen molar-refractivity contribution in [3.63, 3.8) is 0 Å². The molecule has 3 heterocycles. The first-order chi connectivity index (χ1) is 27.2. The maximum absolute atomic E-state index is 12.7. The van der Waals surface area contributed by atoms with Gasteiger partial charge in [0.2, 0.25) is 5.79 Å². The van der Waals surface area contributed by atoms with Crippen molar-refractivity contribution >= 4 is 35.1 Å². The van der Waals surface area contributed by atoms with Crippen LogP contribution in [-0.2, 0) is 32.2 Å². The van der Waals surface area contributed by atoms with Gasteiger partial charge in [-0.15, -0.1) is 0 Å². The zero-order valence-corrected chi connectivity index (χ0v) is 32.1. The fourth-order valence-electron chi connectivity index (χ4n) is 6.42. The predicted molar refractivity (Wildman–Crippen MR) is 213 cm³/mol. The minimum atomic E-state index is -0.640. The zero-order chi connectivity index (χ0) is 39.2. The van der Waals surface area contributed by atoms with Crippen molar-refractivity contribution in [2.24, 2.45) is 0 Å². The Morgan fingerprint density at radius 1 is 0.821 bits per heavy atom. The monoisotopic (exact) mass is 765 g/mol. The Labute approximate surface area is 328 Å². The number of anilines is 3. The lowest BCUT2D eigenvalue weighted by molar-refractivity contribution is -0.180. The van der Waals surface area contributed by atoms with Crippen molar-refractivity contribution in [3.8, 4) is 5.75 Å². The second-order valence-corrected chi connectivity index (χ2v) is 14.3. The summed E-state index contributed by atoms with van der Waals surface area (Å²) in [5, 5.41) is 8.46. The number of benzene rings is 3. The lowest BCUT2D eigenvalue weighted by Crippen LogP contribution is -2.35. The quantitative estimate of drug-likeness (QED) is 0.0797. The van der Waals surface area contributed by atoms with Gasteiger partial charge in [-0.3, -0.25) is 9.78 Å². The van der Waals surface area contributed by atoms with E-state index in [9.17, 15) is 14.4 Å². The summed E-state index contributed by atoms with van der Waals surface area (Å²) in [6, 6.07) is 23.3. The molecule has 1 saturated heterocycles. The number of hydrogen-bond acceptors (Lipinski definition) is 9. The number of hydrogen-bond donors (Lipinski definition) is 3. The molecule has 0 radical (unpaired) electrons. The number of urea groups is 1. The fraction of sp³-hybridized carbons (Fsp3) is 0.395. The van der Waals surface area contributed by atoms with Crippen LogP contribution in [0.4, 0.5) is 26.7 Å². The first-order valence-corrected chi connectivity index (χ1v) is 19.3. The zero-order valence-electron chi connectivity index (χ0n) is 32.1. The predicted octanol–water partition coefficient (Wildman–Crippen LogP) is 8.69. The molecule has 13 heteroatoms. The average molecular weight is 766 g/mol. The molecule has 0 aliphatic carbocycles. The number of carbonyl (C=O) groups excluding carboxylic acids is 3. The average Bonchev–Trinajstić information content (AvgIpc) is 3.56. The van der Waals surface area contributed by atoms with E-state index in [1.165, 1.54) is 6.20 Å². The number of fused-ring (bicyclic) bond motifs is 1. The van der Waals surface area contributed by atoms with Crippen LogP contribution >= 0.6 is 0 Å². The Kier molecular flexibility index (Phi) is 14.3. The highest BCUT2D eigenvalue weighted by Crippen LogP contribution is 2.35. The highest BCUT2D eigenvalue weighted by molar-refractivity contribution is 6.05. The second kappa shape index (κ2) is 19.9. The number of unbranched alkanes of at least 4 members (excludes halogenated alkanes) is 4. The van der Waals surface area contributed by atoms with Gasteiger partial charge in [0.25, 0.3) is 5.91 Å². The highest BCUT2D eigenvalue weighted by atomic mass is 16.7. The molecule has 1 fully saturated rings. The van der Waals surface area contributed by atoms with Crippen LogP contribution < -0.4 is 20.7 Å². The van der Waals surface area contributed by atoms with Gasteiger partial charge in [0.15, 0.2) is 0 Å². The maximum atomic E-state index is 12.7. The summed E-state index contributed by atoms with van der Waals surface area (Å²) in [5.41, 5.74) is 5.03. The van der Waals surface area contributed by atoms with Crippen molar-refractivity contribution < 1.29 is 38.1 Å². The van der Waals surface area contributed by atoms with E-state index in [1.807, 2.05) is 56.3 Å². The number of ether oxygens (including phenoxy) is 5. The lowest BCUT2D eigenvalue weighted by Gasteiger charge is -2.32. The third-order valence-corrected chi connectivity index (χ3v) is 9.32. The molecule has 6 rings (SSSR count). The molecule has 13 nitrogen and oxygen atoms in total. The summed E-state index contributed by atoms with van der Waals surface area (Å²) in [6.45, 7) is 7.85. The molecule has 296 valence electrons. The molecular weight excluding hydrogens is 714 g/mol. The molecular formula is C43H51N5O8. The van der Waals surface area contributed by atoms with Gasteiger partial charge in [-0.25, -0.2) is 9.59 Å². The molecule has 1 atom stereocenters. The first-order valence-electron chi connectivity index (χ1n) is 19.3. The summed E-state index contributed by atoms with van der Waals surface area (Å²) in [7, 11) is 0. The van der Waals surface area contributed by atoms with Crippen molar-refractivity contribution in [1.29, 1.82) is 0 Å². The van der Waals surface area contributed by atoms with Crippen LogP contribution in [0.25, 0.3) is 0 Å². The number of pyridine rings is 1. The molecule has 2 aliphatic heterocycles. The number of nitrogens with one attached hydrogen (secondary N) is 3. The molecule has 0 bridgehead atoms. The van der Waals surface area contributed by atoms with Crippen molar-refractivity contribution in [2.45, 2.75) is 77.5 Å². The van der Waals surface area contributed by atoms with Crippen LogP contribution in [0.5, 0.6) is 5.75 Å². The van der Waals surface area contributed by atoms with Crippen molar-refractivity contribution in [3.05, 3.63) is 114 Å². The largest absolute Gasteiger partial charge is 0.463 e. The molecule has 56 heavy (non-hydrogen) atoms. The third-order valence-electron chi connectivity index (χ3n) is 9.32. The van der Waals surface area contributed by atoms with E-state index in [0.717, 1.165) is 61.0 Å². The fourth-order valence-corrected chi connectivity index (χ4v) is 6.42. The molecule has 4 amide bonds. The van der Waals surface area contributed by atoms with Crippen LogP contribution in [0.2, 0.25) is 0 Å². The Morgan fingerprint density at radius 3 is 2.38 bits per heavy atom. The summed E-state index contributed by atoms with van der Waals surface area (Å²) < 4.78 is 29.0. The minimum Gasteiger partial charge on any atom is -0.463 e. The Hall–Kier alpha value is -5.50. The van der Waals surface area contributed by atoms with Crippen molar-refractivity contribution in [2.75, 3.05) is 48.9 Å². The van der Waals surface area contributed by atoms with E-state index in [-0.39, 0.29) is 18.1 Å². The van der Waals surface area contributed by atoms with Gasteiger partial charge in [0.1, 0.15) is 11.9 Å². The SMILES string of the molecule is CC1(C)OCc2cc(C3CN(CCCCCCCOCCCOCc4cccc(NC(=O)Nc5cccc(NC(=O)c6cccnc6)c5)c4)C(=O)O3)ccc2O1. The van der Waals surface area contributed by atoms with Gasteiger partial charge in [0, 0.05) is 75.2 Å². The molecule has 0 saturated carbocycles. The van der Waals surface area contributed by atoms with Gasteiger partial charge < -0.3 is 44.5 Å². The number of aromatic nitrogens is 1. The van der Waals surface area contributed by atoms with Crippen LogP contribution in [0.15, 0.2) is 91.3 Å². The maximum Gasteiger partial charge on any atom is 0.410 e. The van der Waals surface area contributed by atoms with Gasteiger partial charge in [-0.2, -0.15) is 0 Å². The molecule has 3 aromatic carbocycles. The molecule has 2 aliphatic rings. The van der Waals surface area contributed by atoms with Crippen molar-refractivity contribution in [1.82, 2.24) is 9.88 Å². The summed E-state index contributed by atoms with van der Waals surface area (Å²) in [6.07, 6.45) is 8.52. The summed E-state index contributed by atoms with van der Waals surface area (Å²) in [5.74, 6) is -0.115. The van der Waals surface area contributed by atoms with Crippen LogP contribution in [0, 0.1) is 0 Å². The number of cyclic esters (lactones) is 1. The summed E-state index contributed by atoms with van der Waals surface area (Å²) >= 11 is 0. The Morgan fingerprint density at radius 2 is 1.55 bits per heavy atom. The van der Waals surface area contributed by atoms with E-state index in [4.69, 9.17) is 23.7 Å². The number of rotatable bonds is 19. The van der Waals surface area contributed by atoms with Crippen LogP contribution in [0.3, 0.4) is 0 Å². The van der Waals surface area contributed by atoms with E-state index in [1.54, 1.807) is 47.5 Å². The molecule has 3 N–H and O–H groups in total. The molecule has 0 spiro atoms. The van der Waals surface area contributed by atoms with Gasteiger partial charge in [0.05, 0.1) is 25.3 Å². The van der Waals surface area contributed by atoms with Gasteiger partial charge >= 0.3 is 12.1 Å².